The fraction of sp³-hybridized carbons (Fsp3) is 0.167. The zero-order chi connectivity index (χ0) is 15.0. The first-order chi connectivity index (χ1) is 10.1. The summed E-state index contributed by atoms with van der Waals surface area (Å²) >= 11 is 0. The van der Waals surface area contributed by atoms with Gasteiger partial charge in [0, 0.05) is 5.56 Å². The Bertz CT molecular complexity index is 803. The van der Waals surface area contributed by atoms with E-state index in [1.807, 2.05) is 18.2 Å². The van der Waals surface area contributed by atoms with Gasteiger partial charge in [0.05, 0.1) is 5.56 Å². The minimum Gasteiger partial charge on any atom is -0.367 e. The van der Waals surface area contributed by atoms with Gasteiger partial charge in [-0.05, 0) is 37.5 Å². The molecule has 0 unspecified atom stereocenters. The third-order valence-corrected chi connectivity index (χ3v) is 3.88. The van der Waals surface area contributed by atoms with Gasteiger partial charge in [-0.25, -0.2) is 0 Å². The molecule has 106 valence electrons. The lowest BCUT2D eigenvalue weighted by Crippen LogP contribution is -1.91. The van der Waals surface area contributed by atoms with Crippen LogP contribution in [0.1, 0.15) is 16.7 Å². The summed E-state index contributed by atoms with van der Waals surface area (Å²) in [4.78, 5) is 0. The minimum absolute atomic E-state index is 0.358. The number of hydrogen-bond donors (Lipinski definition) is 1. The van der Waals surface area contributed by atoms with Crippen molar-refractivity contribution >= 4 is 5.88 Å². The van der Waals surface area contributed by atoms with E-state index in [4.69, 9.17) is 10.3 Å². The summed E-state index contributed by atoms with van der Waals surface area (Å²) in [5.41, 5.74) is 13.4. The maximum atomic E-state index is 6.02. The van der Waals surface area contributed by atoms with Crippen LogP contribution in [0.15, 0.2) is 47.0 Å². The molecule has 1 heterocycles. The van der Waals surface area contributed by atoms with Crippen molar-refractivity contribution in [3.05, 3.63) is 59.2 Å². The van der Waals surface area contributed by atoms with E-state index in [1.165, 1.54) is 16.7 Å². The van der Waals surface area contributed by atoms with Gasteiger partial charge in [0.2, 0.25) is 5.88 Å². The maximum Gasteiger partial charge on any atom is 0.230 e. The number of benzene rings is 2. The zero-order valence-corrected chi connectivity index (χ0v) is 12.5. The van der Waals surface area contributed by atoms with E-state index in [9.17, 15) is 0 Å². The number of rotatable bonds is 2. The molecule has 0 radical (unpaired) electrons. The van der Waals surface area contributed by atoms with Crippen molar-refractivity contribution in [2.45, 2.75) is 20.8 Å². The SMILES string of the molecule is Cc1cccc(-c2c(-c3cccc(C)c3C)noc2N)c1. The second kappa shape index (κ2) is 5.09. The van der Waals surface area contributed by atoms with E-state index in [0.717, 1.165) is 22.4 Å². The molecule has 0 aliphatic heterocycles. The highest BCUT2D eigenvalue weighted by Gasteiger charge is 2.19. The molecule has 3 aromatic rings. The summed E-state index contributed by atoms with van der Waals surface area (Å²) in [5.74, 6) is 0.358. The predicted octanol–water partition coefficient (Wildman–Crippen LogP) is 4.52. The second-order valence-corrected chi connectivity index (χ2v) is 5.39. The summed E-state index contributed by atoms with van der Waals surface area (Å²) in [6.07, 6.45) is 0. The maximum absolute atomic E-state index is 6.02. The molecule has 2 N–H and O–H groups in total. The standard InChI is InChI=1S/C18H18N2O/c1-11-6-4-8-14(10-11)16-17(20-21-18(16)19)15-9-5-7-12(2)13(15)3/h4-10H,19H2,1-3H3. The fourth-order valence-electron chi connectivity index (χ4n) is 2.57. The Hall–Kier alpha value is -2.55. The molecule has 21 heavy (non-hydrogen) atoms. The molecule has 0 spiro atoms. The van der Waals surface area contributed by atoms with Gasteiger partial charge in [-0.2, -0.15) is 0 Å². The molecular weight excluding hydrogens is 260 g/mol. The van der Waals surface area contributed by atoms with Crippen molar-refractivity contribution in [3.8, 4) is 22.4 Å². The third-order valence-electron chi connectivity index (χ3n) is 3.88. The Labute approximate surface area is 124 Å². The van der Waals surface area contributed by atoms with Gasteiger partial charge >= 0.3 is 0 Å². The van der Waals surface area contributed by atoms with Crippen molar-refractivity contribution in [2.75, 3.05) is 5.73 Å². The molecule has 0 bridgehead atoms. The summed E-state index contributed by atoms with van der Waals surface area (Å²) < 4.78 is 5.27. The summed E-state index contributed by atoms with van der Waals surface area (Å²) in [6.45, 7) is 6.25. The molecule has 0 aliphatic rings. The first kappa shape index (κ1) is 13.4. The third kappa shape index (κ3) is 2.31. The van der Waals surface area contributed by atoms with Gasteiger partial charge < -0.3 is 10.3 Å². The molecule has 2 aromatic carbocycles. The molecule has 0 aliphatic carbocycles. The average molecular weight is 278 g/mol. The smallest absolute Gasteiger partial charge is 0.230 e. The molecule has 3 heteroatoms. The largest absolute Gasteiger partial charge is 0.367 e. The molecule has 3 rings (SSSR count). The number of nitrogen functional groups attached to an aromatic ring is 1. The van der Waals surface area contributed by atoms with Crippen LogP contribution in [0, 0.1) is 20.8 Å². The Balaban J connectivity index is 2.24. The topological polar surface area (TPSA) is 52.0 Å². The van der Waals surface area contributed by atoms with E-state index >= 15 is 0 Å². The van der Waals surface area contributed by atoms with Crippen molar-refractivity contribution in [3.63, 3.8) is 0 Å². The highest BCUT2D eigenvalue weighted by atomic mass is 16.5. The molecule has 0 fully saturated rings. The van der Waals surface area contributed by atoms with Gasteiger partial charge in [-0.1, -0.05) is 53.2 Å². The van der Waals surface area contributed by atoms with Gasteiger partial charge in [0.25, 0.3) is 0 Å². The van der Waals surface area contributed by atoms with Crippen LogP contribution in [0.3, 0.4) is 0 Å². The van der Waals surface area contributed by atoms with E-state index < -0.39 is 0 Å². The van der Waals surface area contributed by atoms with Crippen molar-refractivity contribution in [1.82, 2.24) is 5.16 Å². The quantitative estimate of drug-likeness (QED) is 0.750. The first-order valence-electron chi connectivity index (χ1n) is 6.96. The number of nitrogens with zero attached hydrogens (tertiary/aromatic N) is 1. The van der Waals surface area contributed by atoms with Gasteiger partial charge in [-0.3, -0.25) is 0 Å². The fourth-order valence-corrected chi connectivity index (χ4v) is 2.57. The molecule has 0 amide bonds. The number of anilines is 1. The molecule has 0 saturated heterocycles. The van der Waals surface area contributed by atoms with Crippen molar-refractivity contribution in [1.29, 1.82) is 0 Å². The lowest BCUT2D eigenvalue weighted by Gasteiger charge is -2.08. The lowest BCUT2D eigenvalue weighted by molar-refractivity contribution is 0.439. The van der Waals surface area contributed by atoms with E-state index in [-0.39, 0.29) is 0 Å². The van der Waals surface area contributed by atoms with Crippen LogP contribution < -0.4 is 5.73 Å². The average Bonchev–Trinajstić information content (AvgIpc) is 2.83. The second-order valence-electron chi connectivity index (χ2n) is 5.39. The Morgan fingerprint density at radius 1 is 1.00 bits per heavy atom. The Morgan fingerprint density at radius 3 is 2.52 bits per heavy atom. The normalized spacial score (nSPS) is 10.8. The van der Waals surface area contributed by atoms with Crippen LogP contribution in [0.2, 0.25) is 0 Å². The van der Waals surface area contributed by atoms with Crippen LogP contribution in [-0.4, -0.2) is 5.16 Å². The summed E-state index contributed by atoms with van der Waals surface area (Å²) in [7, 11) is 0. The Morgan fingerprint density at radius 2 is 1.76 bits per heavy atom. The van der Waals surface area contributed by atoms with Crippen LogP contribution in [0.4, 0.5) is 5.88 Å². The number of hydrogen-bond acceptors (Lipinski definition) is 3. The van der Waals surface area contributed by atoms with Crippen LogP contribution in [-0.2, 0) is 0 Å². The molecule has 1 aromatic heterocycles. The van der Waals surface area contributed by atoms with E-state index in [2.05, 4.69) is 50.2 Å². The molecular formula is C18H18N2O. The highest BCUT2D eigenvalue weighted by molar-refractivity contribution is 5.88. The van der Waals surface area contributed by atoms with Crippen molar-refractivity contribution in [2.24, 2.45) is 0 Å². The van der Waals surface area contributed by atoms with Gasteiger partial charge in [0.15, 0.2) is 0 Å². The van der Waals surface area contributed by atoms with Crippen LogP contribution in [0.25, 0.3) is 22.4 Å². The summed E-state index contributed by atoms with van der Waals surface area (Å²) in [6, 6.07) is 14.4. The van der Waals surface area contributed by atoms with E-state index in [0.29, 0.717) is 5.88 Å². The van der Waals surface area contributed by atoms with Crippen molar-refractivity contribution < 1.29 is 4.52 Å². The van der Waals surface area contributed by atoms with Gasteiger partial charge in [0.1, 0.15) is 5.69 Å². The van der Waals surface area contributed by atoms with Crippen LogP contribution in [0.5, 0.6) is 0 Å². The molecule has 0 atom stereocenters. The number of nitrogens with two attached hydrogens (primary N) is 1. The predicted molar refractivity (Wildman–Crippen MR) is 86.0 cm³/mol. The molecule has 0 saturated carbocycles. The van der Waals surface area contributed by atoms with Crippen LogP contribution >= 0.6 is 0 Å². The lowest BCUT2D eigenvalue weighted by atomic mass is 9.95. The number of aromatic nitrogens is 1. The summed E-state index contributed by atoms with van der Waals surface area (Å²) in [5, 5.41) is 4.19. The zero-order valence-electron chi connectivity index (χ0n) is 12.5. The molecule has 3 nitrogen and oxygen atoms in total. The van der Waals surface area contributed by atoms with E-state index in [1.54, 1.807) is 0 Å². The van der Waals surface area contributed by atoms with Gasteiger partial charge in [-0.15, -0.1) is 0 Å². The highest BCUT2D eigenvalue weighted by Crippen LogP contribution is 2.38. The number of aryl methyl sites for hydroxylation is 2. The minimum atomic E-state index is 0.358. The first-order valence-corrected chi connectivity index (χ1v) is 6.96. The Kier molecular flexibility index (Phi) is 3.26. The monoisotopic (exact) mass is 278 g/mol.